The number of nitrogens with two attached hydrogens (primary N) is 1. The number of tetrazole rings is 1. The van der Waals surface area contributed by atoms with Crippen LogP contribution >= 0.6 is 11.8 Å². The van der Waals surface area contributed by atoms with E-state index in [1.165, 1.54) is 0 Å². The molecule has 4 rings (SSSR count). The first kappa shape index (κ1) is 18.1. The standard InChI is InChI=1S/C17H22N6O3S/c1-17(2)13(23-15(24)12(18)16(23)27-17)14-19-20-21-22(14)8-9-5-6-10(25-3)7-11(9)26-4/h5-7,12-13,16H,8,18H2,1-4H3. The summed E-state index contributed by atoms with van der Waals surface area (Å²) in [6.45, 7) is 4.60. The minimum absolute atomic E-state index is 0.0295. The monoisotopic (exact) mass is 390 g/mol. The SMILES string of the molecule is COc1ccc(Cn2nnnc2C2N3C(=O)C(N)C3SC2(C)C)c(OC)c1. The van der Waals surface area contributed by atoms with Gasteiger partial charge < -0.3 is 20.1 Å². The molecule has 9 nitrogen and oxygen atoms in total. The average Bonchev–Trinajstić information content (AvgIpc) is 3.21. The molecule has 0 spiro atoms. The molecule has 27 heavy (non-hydrogen) atoms. The van der Waals surface area contributed by atoms with Gasteiger partial charge in [0.2, 0.25) is 5.91 Å². The number of ether oxygens (including phenoxy) is 2. The highest BCUT2D eigenvalue weighted by molar-refractivity contribution is 8.01. The summed E-state index contributed by atoms with van der Waals surface area (Å²) in [5, 5.41) is 12.2. The highest BCUT2D eigenvalue weighted by Crippen LogP contribution is 2.56. The van der Waals surface area contributed by atoms with Gasteiger partial charge in [0.05, 0.1) is 20.8 Å². The van der Waals surface area contributed by atoms with Gasteiger partial charge in [-0.25, -0.2) is 4.68 Å². The molecular formula is C17H22N6O3S. The zero-order chi connectivity index (χ0) is 19.3. The van der Waals surface area contributed by atoms with Crippen LogP contribution in [0.25, 0.3) is 0 Å². The molecule has 3 unspecified atom stereocenters. The van der Waals surface area contributed by atoms with Crippen molar-refractivity contribution in [3.05, 3.63) is 29.6 Å². The van der Waals surface area contributed by atoms with Crippen molar-refractivity contribution in [1.29, 1.82) is 0 Å². The van der Waals surface area contributed by atoms with Crippen molar-refractivity contribution in [2.45, 2.75) is 42.6 Å². The Morgan fingerprint density at radius 3 is 2.78 bits per heavy atom. The van der Waals surface area contributed by atoms with E-state index in [0.717, 1.165) is 5.56 Å². The van der Waals surface area contributed by atoms with Gasteiger partial charge in [0.25, 0.3) is 0 Å². The van der Waals surface area contributed by atoms with E-state index in [1.54, 1.807) is 30.7 Å². The van der Waals surface area contributed by atoms with E-state index in [9.17, 15) is 4.79 Å². The van der Waals surface area contributed by atoms with Crippen LogP contribution in [0.15, 0.2) is 18.2 Å². The van der Waals surface area contributed by atoms with E-state index in [-0.39, 0.29) is 22.1 Å². The topological polar surface area (TPSA) is 108 Å². The van der Waals surface area contributed by atoms with Crippen LogP contribution in [0, 0.1) is 0 Å². The molecular weight excluding hydrogens is 368 g/mol. The Hall–Kier alpha value is -2.33. The lowest BCUT2D eigenvalue weighted by Crippen LogP contribution is -2.65. The molecule has 144 valence electrons. The fourth-order valence-electron chi connectivity index (χ4n) is 3.72. The van der Waals surface area contributed by atoms with E-state index < -0.39 is 6.04 Å². The van der Waals surface area contributed by atoms with Gasteiger partial charge in [0.15, 0.2) is 5.82 Å². The number of carbonyl (C=O) groups excluding carboxylic acids is 1. The van der Waals surface area contributed by atoms with Crippen LogP contribution in [0.4, 0.5) is 0 Å². The Kier molecular flexibility index (Phi) is 4.26. The van der Waals surface area contributed by atoms with Gasteiger partial charge in [-0.1, -0.05) is 0 Å². The molecule has 3 atom stereocenters. The van der Waals surface area contributed by atoms with E-state index in [4.69, 9.17) is 15.2 Å². The Bertz CT molecular complexity index is 885. The maximum Gasteiger partial charge on any atom is 0.244 e. The largest absolute Gasteiger partial charge is 0.497 e. The summed E-state index contributed by atoms with van der Waals surface area (Å²) in [5.41, 5.74) is 6.89. The molecule has 0 radical (unpaired) electrons. The minimum Gasteiger partial charge on any atom is -0.497 e. The van der Waals surface area contributed by atoms with Gasteiger partial charge in [0.1, 0.15) is 29.0 Å². The fourth-order valence-corrected chi connectivity index (χ4v) is 5.30. The first-order valence-corrected chi connectivity index (χ1v) is 9.48. The molecule has 2 aliphatic rings. The van der Waals surface area contributed by atoms with Gasteiger partial charge in [-0.2, -0.15) is 0 Å². The highest BCUT2D eigenvalue weighted by Gasteiger charge is 2.62. The van der Waals surface area contributed by atoms with Crippen LogP contribution in [0.2, 0.25) is 0 Å². The smallest absolute Gasteiger partial charge is 0.244 e. The lowest BCUT2D eigenvalue weighted by atomic mass is 9.95. The van der Waals surface area contributed by atoms with E-state index >= 15 is 0 Å². The summed E-state index contributed by atoms with van der Waals surface area (Å²) in [6.07, 6.45) is 0. The molecule has 2 aliphatic heterocycles. The third-order valence-corrected chi connectivity index (χ3v) is 6.69. The maximum absolute atomic E-state index is 12.4. The number of benzene rings is 1. The number of carbonyl (C=O) groups is 1. The molecule has 0 aliphatic carbocycles. The van der Waals surface area contributed by atoms with E-state index in [2.05, 4.69) is 29.4 Å². The molecule has 1 aromatic carbocycles. The number of hydrogen-bond acceptors (Lipinski definition) is 8. The number of methoxy groups -OCH3 is 2. The Morgan fingerprint density at radius 2 is 2.07 bits per heavy atom. The normalized spacial score (nSPS) is 25.9. The molecule has 2 saturated heterocycles. The van der Waals surface area contributed by atoms with Gasteiger partial charge in [-0.3, -0.25) is 4.79 Å². The molecule has 0 bridgehead atoms. The molecule has 10 heteroatoms. The number of β-lactam (4-membered cyclic amide) rings is 1. The van der Waals surface area contributed by atoms with Gasteiger partial charge in [-0.15, -0.1) is 16.9 Å². The predicted molar refractivity (Wildman–Crippen MR) is 99.5 cm³/mol. The third kappa shape index (κ3) is 2.74. The molecule has 2 N–H and O–H groups in total. The highest BCUT2D eigenvalue weighted by atomic mass is 32.2. The summed E-state index contributed by atoms with van der Waals surface area (Å²) < 4.78 is 12.2. The lowest BCUT2D eigenvalue weighted by molar-refractivity contribution is -0.147. The number of hydrogen-bond donors (Lipinski definition) is 1. The van der Waals surface area contributed by atoms with Crippen molar-refractivity contribution in [3.8, 4) is 11.5 Å². The predicted octanol–water partition coefficient (Wildman–Crippen LogP) is 0.801. The van der Waals surface area contributed by atoms with Gasteiger partial charge in [-0.05, 0) is 36.4 Å². The molecule has 1 amide bonds. The van der Waals surface area contributed by atoms with Crippen LogP contribution in [0.5, 0.6) is 11.5 Å². The van der Waals surface area contributed by atoms with Crippen LogP contribution in [-0.4, -0.2) is 61.4 Å². The van der Waals surface area contributed by atoms with Crippen LogP contribution < -0.4 is 15.2 Å². The number of aromatic nitrogens is 4. The van der Waals surface area contributed by atoms with Crippen molar-refractivity contribution in [2.24, 2.45) is 5.73 Å². The number of fused-ring (bicyclic) bond motifs is 1. The summed E-state index contributed by atoms with van der Waals surface area (Å²) >= 11 is 1.69. The van der Waals surface area contributed by atoms with Crippen molar-refractivity contribution in [1.82, 2.24) is 25.1 Å². The van der Waals surface area contributed by atoms with Crippen LogP contribution in [0.3, 0.4) is 0 Å². The third-order valence-electron chi connectivity index (χ3n) is 5.10. The summed E-state index contributed by atoms with van der Waals surface area (Å²) in [7, 11) is 3.22. The maximum atomic E-state index is 12.4. The Balaban J connectivity index is 1.67. The van der Waals surface area contributed by atoms with Gasteiger partial charge in [0, 0.05) is 16.4 Å². The number of amides is 1. The van der Waals surface area contributed by atoms with Crippen molar-refractivity contribution in [3.63, 3.8) is 0 Å². The second-order valence-corrected chi connectivity index (χ2v) is 8.93. The van der Waals surface area contributed by atoms with Gasteiger partial charge >= 0.3 is 0 Å². The number of nitrogens with zero attached hydrogens (tertiary/aromatic N) is 5. The zero-order valence-electron chi connectivity index (χ0n) is 15.6. The first-order chi connectivity index (χ1) is 12.9. The summed E-state index contributed by atoms with van der Waals surface area (Å²) in [4.78, 5) is 14.2. The molecule has 1 aromatic heterocycles. The van der Waals surface area contributed by atoms with Crippen LogP contribution in [-0.2, 0) is 11.3 Å². The quantitative estimate of drug-likeness (QED) is 0.747. The molecule has 2 fully saturated rings. The lowest BCUT2D eigenvalue weighted by Gasteiger charge is -2.42. The summed E-state index contributed by atoms with van der Waals surface area (Å²) in [5.74, 6) is 1.99. The van der Waals surface area contributed by atoms with Crippen molar-refractivity contribution in [2.75, 3.05) is 14.2 Å². The molecule has 0 saturated carbocycles. The van der Waals surface area contributed by atoms with Crippen molar-refractivity contribution < 1.29 is 14.3 Å². The fraction of sp³-hybridized carbons (Fsp3) is 0.529. The first-order valence-electron chi connectivity index (χ1n) is 8.60. The zero-order valence-corrected chi connectivity index (χ0v) is 16.4. The second kappa shape index (κ2) is 6.38. The molecule has 2 aromatic rings. The van der Waals surface area contributed by atoms with E-state index in [0.29, 0.717) is 23.9 Å². The molecule has 3 heterocycles. The van der Waals surface area contributed by atoms with E-state index in [1.807, 2.05) is 23.1 Å². The summed E-state index contributed by atoms with van der Waals surface area (Å²) in [6, 6.07) is 4.92. The van der Waals surface area contributed by atoms with Crippen molar-refractivity contribution >= 4 is 17.7 Å². The minimum atomic E-state index is -0.453. The average molecular weight is 390 g/mol. The Morgan fingerprint density at radius 1 is 1.30 bits per heavy atom. The Labute approximate surface area is 161 Å². The second-order valence-electron chi connectivity index (χ2n) is 7.16. The number of thioether (sulfide) groups is 1. The number of rotatable bonds is 5. The van der Waals surface area contributed by atoms with Crippen LogP contribution in [0.1, 0.15) is 31.3 Å².